The van der Waals surface area contributed by atoms with Gasteiger partial charge in [0.15, 0.2) is 0 Å². The van der Waals surface area contributed by atoms with Gasteiger partial charge >= 0.3 is 0 Å². The van der Waals surface area contributed by atoms with Crippen LogP contribution in [0.2, 0.25) is 0 Å². The van der Waals surface area contributed by atoms with E-state index >= 15 is 0 Å². The van der Waals surface area contributed by atoms with Crippen LogP contribution in [0.4, 0.5) is 11.4 Å². The second kappa shape index (κ2) is 7.86. The summed E-state index contributed by atoms with van der Waals surface area (Å²) >= 11 is 1.51. The third-order valence-electron chi connectivity index (χ3n) is 4.37. The molecular formula is C15H19N5O5S2. The fraction of sp³-hybridized carbons (Fsp3) is 0.400. The first-order valence-corrected chi connectivity index (χ1v) is 10.6. The number of aliphatic hydroxyl groups is 1. The molecule has 2 atom stereocenters. The predicted molar refractivity (Wildman–Crippen MR) is 99.9 cm³/mol. The molecule has 0 saturated carbocycles. The van der Waals surface area contributed by atoms with Gasteiger partial charge in [-0.3, -0.25) is 15.0 Å². The Bertz CT molecular complexity index is 919. The van der Waals surface area contributed by atoms with Crippen molar-refractivity contribution in [1.29, 1.82) is 0 Å². The number of nitrogens with two attached hydrogens (primary N) is 1. The number of rotatable bonds is 6. The van der Waals surface area contributed by atoms with Crippen molar-refractivity contribution < 1.29 is 18.4 Å². The minimum Gasteiger partial charge on any atom is -0.390 e. The zero-order chi connectivity index (χ0) is 19.6. The molecule has 1 fully saturated rings. The van der Waals surface area contributed by atoms with Crippen molar-refractivity contribution in [2.75, 3.05) is 18.4 Å². The summed E-state index contributed by atoms with van der Waals surface area (Å²) in [6, 6.07) is 3.03. The number of hydrogen-bond donors (Lipinski definition) is 3. The number of piperidine rings is 1. The van der Waals surface area contributed by atoms with E-state index in [1.54, 1.807) is 5.51 Å². The van der Waals surface area contributed by atoms with Crippen LogP contribution in [0.1, 0.15) is 12.1 Å². The van der Waals surface area contributed by atoms with E-state index in [9.17, 15) is 23.6 Å². The van der Waals surface area contributed by atoms with Crippen LogP contribution in [0.25, 0.3) is 0 Å². The average Bonchev–Trinajstić information content (AvgIpc) is 3.09. The smallest absolute Gasteiger partial charge is 0.293 e. The maximum Gasteiger partial charge on any atom is 0.293 e. The Balaban J connectivity index is 1.71. The summed E-state index contributed by atoms with van der Waals surface area (Å²) in [5.74, 6) is 0. The van der Waals surface area contributed by atoms with Crippen molar-refractivity contribution in [3.8, 4) is 0 Å². The number of hydrogen-bond acceptors (Lipinski definition) is 9. The molecule has 10 nitrogen and oxygen atoms in total. The molecule has 2 heterocycles. The van der Waals surface area contributed by atoms with E-state index < -0.39 is 32.8 Å². The molecule has 27 heavy (non-hydrogen) atoms. The first-order valence-electron chi connectivity index (χ1n) is 8.09. The fourth-order valence-corrected chi connectivity index (χ4v) is 4.10. The number of anilines is 1. The number of benzene rings is 1. The Kier molecular flexibility index (Phi) is 5.72. The molecule has 2 aromatic rings. The summed E-state index contributed by atoms with van der Waals surface area (Å²) in [5.41, 5.74) is 2.43. The van der Waals surface area contributed by atoms with Crippen LogP contribution in [0.15, 0.2) is 34.0 Å². The van der Waals surface area contributed by atoms with Crippen LogP contribution in [0.5, 0.6) is 0 Å². The molecular weight excluding hydrogens is 394 g/mol. The zero-order valence-corrected chi connectivity index (χ0v) is 15.8. The SMILES string of the molecule is NS(=O)(=O)c1ccc(N[C@@H]2CCN(Cc3cscn3)C[C@H]2O)c([N+](=O)[O-])c1. The molecule has 0 unspecified atom stereocenters. The van der Waals surface area contributed by atoms with Gasteiger partial charge in [0.2, 0.25) is 10.0 Å². The van der Waals surface area contributed by atoms with Gasteiger partial charge in [0.1, 0.15) is 5.69 Å². The Morgan fingerprint density at radius 3 is 2.85 bits per heavy atom. The maximum absolute atomic E-state index is 11.4. The van der Waals surface area contributed by atoms with E-state index in [2.05, 4.69) is 15.2 Å². The molecule has 1 saturated heterocycles. The quantitative estimate of drug-likeness (QED) is 0.463. The Morgan fingerprint density at radius 2 is 2.26 bits per heavy atom. The largest absolute Gasteiger partial charge is 0.390 e. The van der Waals surface area contributed by atoms with E-state index in [1.165, 1.54) is 23.5 Å². The minimum atomic E-state index is -4.05. The number of aliphatic hydroxyl groups excluding tert-OH is 1. The van der Waals surface area contributed by atoms with E-state index in [0.717, 1.165) is 11.8 Å². The summed E-state index contributed by atoms with van der Waals surface area (Å²) in [6.45, 7) is 1.73. The minimum absolute atomic E-state index is 0.143. The Labute approximate surface area is 159 Å². The molecule has 0 spiro atoms. The van der Waals surface area contributed by atoms with Gasteiger partial charge in [-0.05, 0) is 18.6 Å². The van der Waals surface area contributed by atoms with Gasteiger partial charge in [-0.25, -0.2) is 18.5 Å². The van der Waals surface area contributed by atoms with Crippen molar-refractivity contribution in [2.45, 2.75) is 30.0 Å². The van der Waals surface area contributed by atoms with Crippen molar-refractivity contribution >= 4 is 32.7 Å². The number of thiazole rings is 1. The van der Waals surface area contributed by atoms with Gasteiger partial charge in [0.25, 0.3) is 5.69 Å². The molecule has 1 aromatic carbocycles. The van der Waals surface area contributed by atoms with Gasteiger partial charge in [0.05, 0.1) is 33.2 Å². The molecule has 12 heteroatoms. The first kappa shape index (κ1) is 19.6. The van der Waals surface area contributed by atoms with Crippen molar-refractivity contribution in [3.63, 3.8) is 0 Å². The topological polar surface area (TPSA) is 152 Å². The lowest BCUT2D eigenvalue weighted by atomic mass is 10.0. The highest BCUT2D eigenvalue weighted by molar-refractivity contribution is 7.89. The van der Waals surface area contributed by atoms with Crippen molar-refractivity contribution in [2.24, 2.45) is 5.14 Å². The van der Waals surface area contributed by atoms with Crippen LogP contribution in [0, 0.1) is 10.1 Å². The Morgan fingerprint density at radius 1 is 1.48 bits per heavy atom. The summed E-state index contributed by atoms with van der Waals surface area (Å²) in [5, 5.41) is 31.7. The number of nitrogens with zero attached hydrogens (tertiary/aromatic N) is 3. The van der Waals surface area contributed by atoms with E-state index in [-0.39, 0.29) is 10.6 Å². The molecule has 0 aliphatic carbocycles. The van der Waals surface area contributed by atoms with Crippen LogP contribution < -0.4 is 10.5 Å². The Hall–Kier alpha value is -2.12. The lowest BCUT2D eigenvalue weighted by molar-refractivity contribution is -0.384. The summed E-state index contributed by atoms with van der Waals surface area (Å²) in [7, 11) is -4.05. The van der Waals surface area contributed by atoms with Gasteiger partial charge < -0.3 is 10.4 Å². The number of nitro benzene ring substituents is 1. The highest BCUT2D eigenvalue weighted by atomic mass is 32.2. The number of likely N-dealkylation sites (tertiary alicyclic amines) is 1. The van der Waals surface area contributed by atoms with Gasteiger partial charge in [-0.2, -0.15) is 0 Å². The summed E-state index contributed by atoms with van der Waals surface area (Å²) < 4.78 is 22.8. The fourth-order valence-electron chi connectivity index (χ4n) is 3.02. The average molecular weight is 413 g/mol. The summed E-state index contributed by atoms with van der Waals surface area (Å²) in [6.07, 6.45) is -0.172. The molecule has 1 aliphatic rings. The lowest BCUT2D eigenvalue weighted by Gasteiger charge is -2.36. The number of aromatic nitrogens is 1. The first-order chi connectivity index (χ1) is 12.7. The number of primary sulfonamides is 1. The third-order valence-corrected chi connectivity index (χ3v) is 5.92. The summed E-state index contributed by atoms with van der Waals surface area (Å²) in [4.78, 5) is 16.6. The van der Waals surface area contributed by atoms with Crippen LogP contribution >= 0.6 is 11.3 Å². The molecule has 1 aromatic heterocycles. The number of sulfonamides is 1. The zero-order valence-electron chi connectivity index (χ0n) is 14.2. The highest BCUT2D eigenvalue weighted by Crippen LogP contribution is 2.29. The standard InChI is InChI=1S/C15H19N5O5S2/c16-27(24,25)11-1-2-12(14(5-11)20(22)23)18-13-3-4-19(7-15(13)21)6-10-8-26-9-17-10/h1-2,5,8-9,13,15,18,21H,3-4,6-7H2,(H2,16,24,25)/t13-,15-/m1/s1. The molecule has 4 N–H and O–H groups in total. The maximum atomic E-state index is 11.4. The second-order valence-corrected chi connectivity index (χ2v) is 8.58. The van der Waals surface area contributed by atoms with Crippen molar-refractivity contribution in [1.82, 2.24) is 9.88 Å². The van der Waals surface area contributed by atoms with Gasteiger partial charge in [-0.15, -0.1) is 11.3 Å². The van der Waals surface area contributed by atoms with E-state index in [1.807, 2.05) is 5.38 Å². The van der Waals surface area contributed by atoms with Crippen LogP contribution in [-0.2, 0) is 16.6 Å². The van der Waals surface area contributed by atoms with Crippen LogP contribution in [0.3, 0.4) is 0 Å². The number of nitro groups is 1. The molecule has 3 rings (SSSR count). The lowest BCUT2D eigenvalue weighted by Crippen LogP contribution is -2.49. The molecule has 0 radical (unpaired) electrons. The highest BCUT2D eigenvalue weighted by Gasteiger charge is 2.30. The van der Waals surface area contributed by atoms with E-state index in [4.69, 9.17) is 5.14 Å². The number of nitrogens with one attached hydrogen (secondary N) is 1. The molecule has 1 aliphatic heterocycles. The normalized spacial score (nSPS) is 21.1. The third kappa shape index (κ3) is 4.78. The molecule has 0 amide bonds. The molecule has 0 bridgehead atoms. The van der Waals surface area contributed by atoms with E-state index in [0.29, 0.717) is 26.1 Å². The van der Waals surface area contributed by atoms with Gasteiger partial charge in [0, 0.05) is 31.1 Å². The predicted octanol–water partition coefficient (Wildman–Crippen LogP) is 0.746. The number of β-amino-alcohol motifs (C(OH)–C–C–N with tert-alkyl or cyclic N) is 1. The van der Waals surface area contributed by atoms with Gasteiger partial charge in [-0.1, -0.05) is 0 Å². The second-order valence-electron chi connectivity index (χ2n) is 6.30. The van der Waals surface area contributed by atoms with Crippen LogP contribution in [-0.4, -0.2) is 53.6 Å². The molecule has 146 valence electrons. The monoisotopic (exact) mass is 413 g/mol. The van der Waals surface area contributed by atoms with Crippen molar-refractivity contribution in [3.05, 3.63) is 44.9 Å².